The molecule has 1 aromatic rings. The summed E-state index contributed by atoms with van der Waals surface area (Å²) in [6.45, 7) is 0.619. The molecule has 0 amide bonds. The normalized spacial score (nSPS) is 21.5. The highest BCUT2D eigenvalue weighted by Crippen LogP contribution is 2.28. The largest absolute Gasteiger partial charge is 0.477 e. The van der Waals surface area contributed by atoms with Crippen molar-refractivity contribution in [1.82, 2.24) is 0 Å². The molecule has 0 unspecified atom stereocenters. The number of nitrogens with zero attached hydrogens (tertiary/aromatic N) is 1. The van der Waals surface area contributed by atoms with Crippen LogP contribution in [0.1, 0.15) is 23.2 Å². The lowest BCUT2D eigenvalue weighted by molar-refractivity contribution is -0.385. The van der Waals surface area contributed by atoms with Crippen LogP contribution in [0.15, 0.2) is 18.2 Å². The van der Waals surface area contributed by atoms with Crippen LogP contribution in [0.2, 0.25) is 0 Å². The number of aliphatic hydroxyl groups is 1. The minimum Gasteiger partial charge on any atom is -0.477 e. The second-order valence-corrected chi connectivity index (χ2v) is 4.67. The Kier molecular flexibility index (Phi) is 3.66. The Morgan fingerprint density at radius 2 is 2.16 bits per heavy atom. The number of carbonyl (C=O) groups is 1. The van der Waals surface area contributed by atoms with E-state index >= 15 is 0 Å². The molecule has 0 aromatic heterocycles. The minimum atomic E-state index is -1.32. The molecule has 3 N–H and O–H groups in total. The highest BCUT2D eigenvalue weighted by atomic mass is 16.6. The van der Waals surface area contributed by atoms with Crippen molar-refractivity contribution in [3.8, 4) is 0 Å². The van der Waals surface area contributed by atoms with E-state index in [0.29, 0.717) is 18.2 Å². The fourth-order valence-corrected chi connectivity index (χ4v) is 2.11. The molecule has 1 fully saturated rings. The Morgan fingerprint density at radius 3 is 2.68 bits per heavy atom. The first-order chi connectivity index (χ1) is 8.97. The Balaban J connectivity index is 2.07. The number of carboxylic acids is 1. The zero-order valence-corrected chi connectivity index (χ0v) is 10.1. The highest BCUT2D eigenvalue weighted by molar-refractivity contribution is 5.93. The lowest BCUT2D eigenvalue weighted by Crippen LogP contribution is -2.33. The van der Waals surface area contributed by atoms with E-state index < -0.39 is 16.6 Å². The minimum absolute atomic E-state index is 0.238. The third-order valence-corrected chi connectivity index (χ3v) is 3.23. The van der Waals surface area contributed by atoms with E-state index in [-0.39, 0.29) is 11.7 Å². The zero-order valence-electron chi connectivity index (χ0n) is 10.1. The molecule has 102 valence electrons. The van der Waals surface area contributed by atoms with E-state index in [0.717, 1.165) is 12.8 Å². The molecular formula is C12H14N2O5. The third-order valence-electron chi connectivity index (χ3n) is 3.23. The molecule has 0 spiro atoms. The Hall–Kier alpha value is -2.15. The predicted molar refractivity (Wildman–Crippen MR) is 67.3 cm³/mol. The van der Waals surface area contributed by atoms with Gasteiger partial charge in [-0.1, -0.05) is 0 Å². The van der Waals surface area contributed by atoms with E-state index in [1.54, 1.807) is 0 Å². The van der Waals surface area contributed by atoms with Crippen LogP contribution in [0, 0.1) is 16.0 Å². The quantitative estimate of drug-likeness (QED) is 0.549. The summed E-state index contributed by atoms with van der Waals surface area (Å²) in [5.74, 6) is -0.965. The summed E-state index contributed by atoms with van der Waals surface area (Å²) in [5.41, 5.74) is -0.217. The fraction of sp³-hybridized carbons (Fsp3) is 0.417. The summed E-state index contributed by atoms with van der Waals surface area (Å²) in [4.78, 5) is 20.9. The monoisotopic (exact) mass is 266 g/mol. The van der Waals surface area contributed by atoms with Gasteiger partial charge in [0.15, 0.2) is 0 Å². The first-order valence-electron chi connectivity index (χ1n) is 5.91. The van der Waals surface area contributed by atoms with Crippen LogP contribution in [0.3, 0.4) is 0 Å². The number of nitrogens with one attached hydrogen (secondary N) is 1. The molecule has 0 heterocycles. The van der Waals surface area contributed by atoms with Gasteiger partial charge in [-0.15, -0.1) is 0 Å². The van der Waals surface area contributed by atoms with Crippen LogP contribution in [-0.2, 0) is 0 Å². The maximum absolute atomic E-state index is 11.0. The van der Waals surface area contributed by atoms with Crippen molar-refractivity contribution in [2.24, 2.45) is 5.92 Å². The molecule has 0 radical (unpaired) electrons. The summed E-state index contributed by atoms with van der Waals surface area (Å²) >= 11 is 0. The summed E-state index contributed by atoms with van der Waals surface area (Å²) in [7, 11) is 0. The number of aromatic carboxylic acids is 1. The molecule has 19 heavy (non-hydrogen) atoms. The Morgan fingerprint density at radius 1 is 1.47 bits per heavy atom. The zero-order chi connectivity index (χ0) is 14.0. The maximum Gasteiger partial charge on any atom is 0.342 e. The fourth-order valence-electron chi connectivity index (χ4n) is 2.11. The summed E-state index contributed by atoms with van der Waals surface area (Å²) in [6.07, 6.45) is 1.22. The average molecular weight is 266 g/mol. The molecule has 1 aliphatic carbocycles. The Labute approximate surface area is 109 Å². The van der Waals surface area contributed by atoms with Crippen molar-refractivity contribution in [2.75, 3.05) is 11.9 Å². The van der Waals surface area contributed by atoms with E-state index in [9.17, 15) is 14.9 Å². The van der Waals surface area contributed by atoms with Crippen molar-refractivity contribution < 1.29 is 19.9 Å². The predicted octanol–water partition coefficient (Wildman–Crippen LogP) is 1.48. The molecule has 1 aliphatic rings. The van der Waals surface area contributed by atoms with Gasteiger partial charge in [0.2, 0.25) is 0 Å². The van der Waals surface area contributed by atoms with Gasteiger partial charge in [0.1, 0.15) is 5.56 Å². The number of nitro groups is 1. The van der Waals surface area contributed by atoms with Crippen LogP contribution in [0.5, 0.6) is 0 Å². The average Bonchev–Trinajstić information content (AvgIpc) is 2.32. The van der Waals surface area contributed by atoms with Gasteiger partial charge in [0.25, 0.3) is 5.69 Å². The van der Waals surface area contributed by atoms with Crippen LogP contribution in [0.25, 0.3) is 0 Å². The van der Waals surface area contributed by atoms with E-state index in [2.05, 4.69) is 5.32 Å². The van der Waals surface area contributed by atoms with E-state index in [1.165, 1.54) is 18.2 Å². The molecule has 7 nitrogen and oxygen atoms in total. The van der Waals surface area contributed by atoms with Crippen molar-refractivity contribution in [3.05, 3.63) is 33.9 Å². The molecule has 1 saturated carbocycles. The van der Waals surface area contributed by atoms with Gasteiger partial charge in [0.05, 0.1) is 11.0 Å². The molecular weight excluding hydrogens is 252 g/mol. The second-order valence-electron chi connectivity index (χ2n) is 4.67. The molecule has 1 aromatic carbocycles. The standard InChI is InChI=1S/C12H14N2O5/c15-9-3-7(4-9)6-13-8-1-2-11(14(18)19)10(5-8)12(16)17/h1-2,5,7,9,13,15H,3-4,6H2,(H,16,17). The SMILES string of the molecule is O=C(O)c1cc(NCC2CC(O)C2)ccc1[N+](=O)[O-]. The van der Waals surface area contributed by atoms with Crippen LogP contribution in [0.4, 0.5) is 11.4 Å². The topological polar surface area (TPSA) is 113 Å². The molecule has 7 heteroatoms. The maximum atomic E-state index is 11.0. The van der Waals surface area contributed by atoms with Gasteiger partial charge < -0.3 is 15.5 Å². The second kappa shape index (κ2) is 5.23. The van der Waals surface area contributed by atoms with Gasteiger partial charge in [-0.25, -0.2) is 4.79 Å². The number of nitro benzene ring substituents is 1. The number of anilines is 1. The van der Waals surface area contributed by atoms with Gasteiger partial charge >= 0.3 is 5.97 Å². The third kappa shape index (κ3) is 3.00. The lowest BCUT2D eigenvalue weighted by atomic mass is 9.82. The molecule has 0 aliphatic heterocycles. The van der Waals surface area contributed by atoms with Crippen molar-refractivity contribution in [2.45, 2.75) is 18.9 Å². The van der Waals surface area contributed by atoms with Gasteiger partial charge in [-0.2, -0.15) is 0 Å². The van der Waals surface area contributed by atoms with E-state index in [1.807, 2.05) is 0 Å². The van der Waals surface area contributed by atoms with Crippen molar-refractivity contribution >= 4 is 17.3 Å². The van der Waals surface area contributed by atoms with E-state index in [4.69, 9.17) is 10.2 Å². The molecule has 2 rings (SSSR count). The van der Waals surface area contributed by atoms with Gasteiger partial charge in [-0.05, 0) is 30.9 Å². The first-order valence-corrected chi connectivity index (χ1v) is 5.91. The smallest absolute Gasteiger partial charge is 0.342 e. The highest BCUT2D eigenvalue weighted by Gasteiger charge is 2.27. The number of carboxylic acid groups (broad SMARTS) is 1. The lowest BCUT2D eigenvalue weighted by Gasteiger charge is -2.31. The first kappa shape index (κ1) is 13.3. The number of aliphatic hydroxyl groups excluding tert-OH is 1. The summed E-state index contributed by atoms with van der Waals surface area (Å²) in [5, 5.41) is 31.8. The number of benzene rings is 1. The van der Waals surface area contributed by atoms with Crippen LogP contribution >= 0.6 is 0 Å². The van der Waals surface area contributed by atoms with Gasteiger partial charge in [-0.3, -0.25) is 10.1 Å². The molecule has 0 bridgehead atoms. The van der Waals surface area contributed by atoms with Gasteiger partial charge in [0, 0.05) is 18.3 Å². The number of hydrogen-bond donors (Lipinski definition) is 3. The summed E-state index contributed by atoms with van der Waals surface area (Å²) in [6, 6.07) is 3.93. The number of rotatable bonds is 5. The van der Waals surface area contributed by atoms with Crippen molar-refractivity contribution in [1.29, 1.82) is 0 Å². The Bertz CT molecular complexity index is 511. The number of hydrogen-bond acceptors (Lipinski definition) is 5. The van der Waals surface area contributed by atoms with Crippen LogP contribution in [-0.4, -0.2) is 33.8 Å². The molecule has 0 saturated heterocycles. The summed E-state index contributed by atoms with van der Waals surface area (Å²) < 4.78 is 0. The van der Waals surface area contributed by atoms with Crippen LogP contribution < -0.4 is 5.32 Å². The van der Waals surface area contributed by atoms with Crippen molar-refractivity contribution in [3.63, 3.8) is 0 Å². The molecule has 0 atom stereocenters.